The van der Waals surface area contributed by atoms with Crippen molar-refractivity contribution in [1.29, 1.82) is 5.26 Å². The maximum Gasteiger partial charge on any atom is 0.417 e. The first-order chi connectivity index (χ1) is 29.8. The standard InChI is InChI=1S/C53H33F6N3/c1-31-12-3-5-14-36(31)33-22-24-47-40(26-33)38-16-7-9-20-45(38)61(47)49-28-35(51-43(52(54,55)56)18-11-19-44(51)53(57,58)59)29-50(42(49)30-60)62-46-21-10-8-17-39(46)41-27-34(23-25-48(41)62)37-15-6-4-13-32(37)2/h3-29H,1-2H3. The van der Waals surface area contributed by atoms with Crippen LogP contribution in [0.3, 0.4) is 0 Å². The lowest BCUT2D eigenvalue weighted by Gasteiger charge is -2.22. The summed E-state index contributed by atoms with van der Waals surface area (Å²) in [5, 5.41) is 14.5. The SMILES string of the molecule is Cc1ccccc1-c1ccc2c(c1)c1ccccc1n2-c1cc(-c2c(C(F)(F)F)cccc2C(F)(F)F)cc(-n2c3ccccc3c3cc(-c4ccccc4C)ccc32)c1C#N. The molecule has 10 aromatic rings. The Morgan fingerprint density at radius 2 is 0.823 bits per heavy atom. The first-order valence-electron chi connectivity index (χ1n) is 19.9. The molecule has 8 aromatic carbocycles. The number of aryl methyl sites for hydroxylation is 2. The lowest BCUT2D eigenvalue weighted by molar-refractivity contribution is -0.142. The van der Waals surface area contributed by atoms with E-state index in [4.69, 9.17) is 0 Å². The van der Waals surface area contributed by atoms with Crippen LogP contribution in [0.4, 0.5) is 26.3 Å². The average Bonchev–Trinajstić information content (AvgIpc) is 3.77. The van der Waals surface area contributed by atoms with E-state index in [2.05, 4.69) is 6.07 Å². The largest absolute Gasteiger partial charge is 0.417 e. The molecule has 302 valence electrons. The summed E-state index contributed by atoms with van der Waals surface area (Å²) in [7, 11) is 0. The van der Waals surface area contributed by atoms with Crippen LogP contribution in [0.2, 0.25) is 0 Å². The minimum Gasteiger partial charge on any atom is -0.308 e. The summed E-state index contributed by atoms with van der Waals surface area (Å²) < 4.78 is 93.6. The van der Waals surface area contributed by atoms with Gasteiger partial charge < -0.3 is 9.13 Å². The van der Waals surface area contributed by atoms with E-state index in [1.165, 1.54) is 12.1 Å². The van der Waals surface area contributed by atoms with Crippen LogP contribution in [0.5, 0.6) is 0 Å². The topological polar surface area (TPSA) is 33.6 Å². The van der Waals surface area contributed by atoms with Crippen molar-refractivity contribution in [3.05, 3.63) is 192 Å². The molecule has 3 nitrogen and oxygen atoms in total. The highest BCUT2D eigenvalue weighted by atomic mass is 19.4. The molecule has 62 heavy (non-hydrogen) atoms. The Balaban J connectivity index is 1.36. The highest BCUT2D eigenvalue weighted by Crippen LogP contribution is 2.48. The molecule has 0 aliphatic rings. The second-order valence-corrected chi connectivity index (χ2v) is 15.5. The van der Waals surface area contributed by atoms with Gasteiger partial charge in [-0.3, -0.25) is 0 Å². The van der Waals surface area contributed by atoms with Crippen LogP contribution in [0.1, 0.15) is 27.8 Å². The third kappa shape index (κ3) is 6.13. The van der Waals surface area contributed by atoms with Gasteiger partial charge in [0, 0.05) is 27.1 Å². The normalized spacial score (nSPS) is 12.2. The fourth-order valence-electron chi connectivity index (χ4n) is 9.15. The molecule has 0 N–H and O–H groups in total. The van der Waals surface area contributed by atoms with Gasteiger partial charge in [0.1, 0.15) is 11.6 Å². The fraction of sp³-hybridized carbons (Fsp3) is 0.0755. The van der Waals surface area contributed by atoms with Crippen molar-refractivity contribution in [2.24, 2.45) is 0 Å². The smallest absolute Gasteiger partial charge is 0.308 e. The van der Waals surface area contributed by atoms with Crippen molar-refractivity contribution in [2.45, 2.75) is 26.2 Å². The zero-order valence-corrected chi connectivity index (χ0v) is 33.2. The number of aromatic nitrogens is 2. The van der Waals surface area contributed by atoms with E-state index >= 15 is 26.3 Å². The summed E-state index contributed by atoms with van der Waals surface area (Å²) in [6.45, 7) is 4.03. The summed E-state index contributed by atoms with van der Waals surface area (Å²) in [4.78, 5) is 0. The van der Waals surface area contributed by atoms with Gasteiger partial charge in [0.25, 0.3) is 0 Å². The van der Waals surface area contributed by atoms with Gasteiger partial charge in [-0.15, -0.1) is 0 Å². The molecular weight excluding hydrogens is 793 g/mol. The molecular formula is C53H33F6N3. The van der Waals surface area contributed by atoms with E-state index in [9.17, 15) is 5.26 Å². The van der Waals surface area contributed by atoms with Crippen molar-refractivity contribution >= 4 is 43.6 Å². The minimum atomic E-state index is -5.15. The van der Waals surface area contributed by atoms with Crippen LogP contribution in [0.25, 0.3) is 88.4 Å². The summed E-state index contributed by atoms with van der Waals surface area (Å²) in [5.74, 6) is 0. The second kappa shape index (κ2) is 14.3. The number of rotatable bonds is 5. The van der Waals surface area contributed by atoms with Crippen LogP contribution in [-0.4, -0.2) is 9.13 Å². The molecule has 9 heteroatoms. The Labute approximate surface area is 351 Å². The Kier molecular flexibility index (Phi) is 8.89. The molecule has 0 unspecified atom stereocenters. The van der Waals surface area contributed by atoms with E-state index in [1.54, 1.807) is 9.13 Å². The first kappa shape index (κ1) is 38.6. The van der Waals surface area contributed by atoms with Crippen LogP contribution in [0, 0.1) is 25.2 Å². The Bertz CT molecular complexity index is 3270. The van der Waals surface area contributed by atoms with E-state index < -0.39 is 29.0 Å². The monoisotopic (exact) mass is 825 g/mol. The summed E-state index contributed by atoms with van der Waals surface area (Å²) in [5.41, 5.74) is 4.52. The van der Waals surface area contributed by atoms with Gasteiger partial charge in [0.2, 0.25) is 0 Å². The zero-order chi connectivity index (χ0) is 43.1. The third-order valence-electron chi connectivity index (χ3n) is 11.9. The maximum atomic E-state index is 15.0. The molecule has 0 radical (unpaired) electrons. The van der Waals surface area contributed by atoms with Crippen molar-refractivity contribution in [1.82, 2.24) is 9.13 Å². The third-order valence-corrected chi connectivity index (χ3v) is 11.9. The van der Waals surface area contributed by atoms with E-state index in [0.29, 0.717) is 34.2 Å². The first-order valence-corrected chi connectivity index (χ1v) is 19.9. The summed E-state index contributed by atoms with van der Waals surface area (Å²) in [6, 6.07) is 49.6. The predicted octanol–water partition coefficient (Wildman–Crippen LogP) is 15.4. The van der Waals surface area contributed by atoms with Crippen molar-refractivity contribution < 1.29 is 26.3 Å². The lowest BCUT2D eigenvalue weighted by atomic mass is 9.91. The van der Waals surface area contributed by atoms with Gasteiger partial charge >= 0.3 is 12.4 Å². The van der Waals surface area contributed by atoms with Gasteiger partial charge in [-0.05, 0) is 113 Å². The number of alkyl halides is 6. The van der Waals surface area contributed by atoms with E-state index in [0.717, 1.165) is 61.0 Å². The molecule has 0 fully saturated rings. The molecule has 2 aromatic heterocycles. The Hall–Kier alpha value is -7.57. The Morgan fingerprint density at radius 1 is 0.419 bits per heavy atom. The van der Waals surface area contributed by atoms with Gasteiger partial charge in [-0.25, -0.2) is 0 Å². The number of para-hydroxylation sites is 2. The molecule has 0 saturated carbocycles. The Morgan fingerprint density at radius 3 is 1.24 bits per heavy atom. The van der Waals surface area contributed by atoms with E-state index in [1.807, 2.05) is 147 Å². The van der Waals surface area contributed by atoms with Crippen LogP contribution in [-0.2, 0) is 12.4 Å². The van der Waals surface area contributed by atoms with Crippen molar-refractivity contribution in [2.75, 3.05) is 0 Å². The number of benzene rings is 8. The fourth-order valence-corrected chi connectivity index (χ4v) is 9.15. The van der Waals surface area contributed by atoms with Crippen molar-refractivity contribution in [3.63, 3.8) is 0 Å². The number of hydrogen-bond acceptors (Lipinski definition) is 1. The predicted molar refractivity (Wildman–Crippen MR) is 236 cm³/mol. The number of fused-ring (bicyclic) bond motifs is 6. The highest BCUT2D eigenvalue weighted by molar-refractivity contribution is 6.12. The minimum absolute atomic E-state index is 0.0584. The molecule has 0 saturated heterocycles. The van der Waals surface area contributed by atoms with Gasteiger partial charge in [-0.2, -0.15) is 31.6 Å². The van der Waals surface area contributed by atoms with Gasteiger partial charge in [0.15, 0.2) is 0 Å². The maximum absolute atomic E-state index is 15.0. The van der Waals surface area contributed by atoms with Crippen LogP contribution in [0.15, 0.2) is 164 Å². The molecule has 0 amide bonds. The van der Waals surface area contributed by atoms with Gasteiger partial charge in [-0.1, -0.05) is 103 Å². The highest BCUT2D eigenvalue weighted by Gasteiger charge is 2.41. The molecule has 10 rings (SSSR count). The number of nitrogens with zero attached hydrogens (tertiary/aromatic N) is 3. The molecule has 0 atom stereocenters. The molecule has 0 bridgehead atoms. The number of halogens is 6. The number of hydrogen-bond donors (Lipinski definition) is 0. The quantitative estimate of drug-likeness (QED) is 0.159. The van der Waals surface area contributed by atoms with Crippen LogP contribution < -0.4 is 0 Å². The van der Waals surface area contributed by atoms with E-state index in [-0.39, 0.29) is 22.5 Å². The van der Waals surface area contributed by atoms with Crippen molar-refractivity contribution in [3.8, 4) is 50.8 Å². The van der Waals surface area contributed by atoms with Gasteiger partial charge in [0.05, 0.1) is 44.6 Å². The molecule has 0 aliphatic heterocycles. The van der Waals surface area contributed by atoms with Crippen LogP contribution >= 0.6 is 0 Å². The zero-order valence-electron chi connectivity index (χ0n) is 33.2. The average molecular weight is 826 g/mol. The summed E-state index contributed by atoms with van der Waals surface area (Å²) in [6.07, 6.45) is -10.3. The molecule has 2 heterocycles. The lowest BCUT2D eigenvalue weighted by Crippen LogP contribution is -2.15. The molecule has 0 aliphatic carbocycles. The number of nitriles is 1. The second-order valence-electron chi connectivity index (χ2n) is 15.5. The molecule has 0 spiro atoms. The summed E-state index contributed by atoms with van der Waals surface area (Å²) >= 11 is 0.